The van der Waals surface area contributed by atoms with Crippen LogP contribution in [0.25, 0.3) is 11.8 Å². The van der Waals surface area contributed by atoms with Crippen LogP contribution in [0, 0.1) is 18.2 Å². The zero-order valence-electron chi connectivity index (χ0n) is 15.0. The second-order valence-corrected chi connectivity index (χ2v) is 7.15. The standard InChI is InChI=1S/C19H20ClFN2O3/c1-12-15(9-10-17(25)26-11-16(24)19(2,3)4)18(20)23(22-12)14-7-5-13(21)6-8-14/h5-10H,11H2,1-4H3/b10-9+. The lowest BCUT2D eigenvalue weighted by molar-refractivity contribution is -0.145. The van der Waals surface area contributed by atoms with Gasteiger partial charge in [-0.25, -0.2) is 13.9 Å². The lowest BCUT2D eigenvalue weighted by Gasteiger charge is -2.15. The van der Waals surface area contributed by atoms with Crippen LogP contribution in [0.5, 0.6) is 0 Å². The second kappa shape index (κ2) is 7.83. The highest BCUT2D eigenvalue weighted by Crippen LogP contribution is 2.25. The van der Waals surface area contributed by atoms with E-state index >= 15 is 0 Å². The first-order valence-corrected chi connectivity index (χ1v) is 8.36. The third kappa shape index (κ3) is 4.79. The Balaban J connectivity index is 2.12. The smallest absolute Gasteiger partial charge is 0.331 e. The normalized spacial score (nSPS) is 11.8. The topological polar surface area (TPSA) is 61.2 Å². The van der Waals surface area contributed by atoms with Gasteiger partial charge < -0.3 is 4.74 Å². The molecule has 0 saturated carbocycles. The largest absolute Gasteiger partial charge is 0.455 e. The molecule has 1 aromatic carbocycles. The van der Waals surface area contributed by atoms with Crippen molar-refractivity contribution in [3.8, 4) is 5.69 Å². The summed E-state index contributed by atoms with van der Waals surface area (Å²) in [5, 5.41) is 4.58. The van der Waals surface area contributed by atoms with Gasteiger partial charge in [-0.1, -0.05) is 32.4 Å². The van der Waals surface area contributed by atoms with Crippen LogP contribution in [-0.4, -0.2) is 28.1 Å². The summed E-state index contributed by atoms with van der Waals surface area (Å²) >= 11 is 6.32. The molecule has 2 aromatic rings. The molecule has 0 radical (unpaired) electrons. The molecule has 26 heavy (non-hydrogen) atoms. The zero-order chi connectivity index (χ0) is 19.5. The van der Waals surface area contributed by atoms with Crippen LogP contribution in [0.2, 0.25) is 5.15 Å². The fourth-order valence-corrected chi connectivity index (χ4v) is 2.34. The number of hydrogen-bond acceptors (Lipinski definition) is 4. The van der Waals surface area contributed by atoms with Gasteiger partial charge in [0.2, 0.25) is 0 Å². The van der Waals surface area contributed by atoms with E-state index in [9.17, 15) is 14.0 Å². The van der Waals surface area contributed by atoms with Crippen molar-refractivity contribution in [1.82, 2.24) is 9.78 Å². The predicted octanol–water partition coefficient (Wildman–Crippen LogP) is 4.14. The minimum Gasteiger partial charge on any atom is -0.455 e. The maximum Gasteiger partial charge on any atom is 0.331 e. The highest BCUT2D eigenvalue weighted by atomic mass is 35.5. The van der Waals surface area contributed by atoms with Gasteiger partial charge in [-0.3, -0.25) is 4.79 Å². The Bertz CT molecular complexity index is 849. The zero-order valence-corrected chi connectivity index (χ0v) is 15.8. The molecule has 0 unspecified atom stereocenters. The van der Waals surface area contributed by atoms with Gasteiger partial charge in [0.25, 0.3) is 0 Å². The SMILES string of the molecule is Cc1nn(-c2ccc(F)cc2)c(Cl)c1/C=C/C(=O)OCC(=O)C(C)(C)C. The van der Waals surface area contributed by atoms with Crippen LogP contribution < -0.4 is 0 Å². The second-order valence-electron chi connectivity index (χ2n) is 6.79. The Kier molecular flexibility index (Phi) is 5.97. The number of aromatic nitrogens is 2. The fourth-order valence-electron chi connectivity index (χ4n) is 2.01. The molecule has 5 nitrogen and oxygen atoms in total. The van der Waals surface area contributed by atoms with E-state index in [2.05, 4.69) is 5.10 Å². The molecule has 0 spiro atoms. The maximum atomic E-state index is 13.1. The highest BCUT2D eigenvalue weighted by Gasteiger charge is 2.22. The number of carbonyl (C=O) groups is 2. The first kappa shape index (κ1) is 19.8. The van der Waals surface area contributed by atoms with E-state index < -0.39 is 11.4 Å². The van der Waals surface area contributed by atoms with Gasteiger partial charge in [0.05, 0.1) is 11.4 Å². The Morgan fingerprint density at radius 1 is 1.27 bits per heavy atom. The summed E-state index contributed by atoms with van der Waals surface area (Å²) in [6, 6.07) is 5.71. The molecule has 0 aliphatic carbocycles. The molecule has 1 aromatic heterocycles. The van der Waals surface area contributed by atoms with Crippen LogP contribution in [-0.2, 0) is 14.3 Å². The molecule has 0 aliphatic heterocycles. The van der Waals surface area contributed by atoms with Crippen molar-refractivity contribution in [3.63, 3.8) is 0 Å². The minimum atomic E-state index is -0.646. The monoisotopic (exact) mass is 378 g/mol. The number of esters is 1. The van der Waals surface area contributed by atoms with Crippen molar-refractivity contribution in [3.05, 3.63) is 52.6 Å². The number of ketones is 1. The number of aryl methyl sites for hydroxylation is 1. The number of Topliss-reactive ketones (excluding diaryl/α,β-unsaturated/α-hetero) is 1. The molecule has 7 heteroatoms. The molecular weight excluding hydrogens is 359 g/mol. The minimum absolute atomic E-state index is 0.169. The molecule has 2 rings (SSSR count). The molecule has 0 N–H and O–H groups in total. The summed E-state index contributed by atoms with van der Waals surface area (Å²) in [5.74, 6) is -1.17. The van der Waals surface area contributed by atoms with Gasteiger partial charge in [-0.15, -0.1) is 0 Å². The Labute approximate surface area is 156 Å². The third-order valence-electron chi connectivity index (χ3n) is 3.69. The lowest BCUT2D eigenvalue weighted by Crippen LogP contribution is -2.25. The quantitative estimate of drug-likeness (QED) is 0.579. The van der Waals surface area contributed by atoms with Crippen molar-refractivity contribution in [2.45, 2.75) is 27.7 Å². The Hall–Kier alpha value is -2.47. The molecule has 0 fully saturated rings. The van der Waals surface area contributed by atoms with Crippen LogP contribution in [0.15, 0.2) is 30.3 Å². The van der Waals surface area contributed by atoms with E-state index in [1.807, 2.05) is 0 Å². The Morgan fingerprint density at radius 2 is 1.88 bits per heavy atom. The van der Waals surface area contributed by atoms with E-state index in [1.165, 1.54) is 29.0 Å². The molecular formula is C19H20ClFN2O3. The number of halogens is 2. The summed E-state index contributed by atoms with van der Waals surface area (Å²) < 4.78 is 19.4. The molecule has 1 heterocycles. The van der Waals surface area contributed by atoms with E-state index in [1.54, 1.807) is 39.8 Å². The van der Waals surface area contributed by atoms with Crippen LogP contribution in [0.1, 0.15) is 32.0 Å². The van der Waals surface area contributed by atoms with Crippen molar-refractivity contribution >= 4 is 29.4 Å². The molecule has 0 aliphatic rings. The predicted molar refractivity (Wildman–Crippen MR) is 97.7 cm³/mol. The van der Waals surface area contributed by atoms with E-state index in [-0.39, 0.29) is 23.4 Å². The van der Waals surface area contributed by atoms with Gasteiger partial charge in [0.15, 0.2) is 12.4 Å². The van der Waals surface area contributed by atoms with Gasteiger partial charge in [0.1, 0.15) is 11.0 Å². The van der Waals surface area contributed by atoms with Gasteiger partial charge in [-0.2, -0.15) is 5.10 Å². The van der Waals surface area contributed by atoms with Crippen LogP contribution in [0.4, 0.5) is 4.39 Å². The number of ether oxygens (including phenoxy) is 1. The van der Waals surface area contributed by atoms with Gasteiger partial charge >= 0.3 is 5.97 Å². The highest BCUT2D eigenvalue weighted by molar-refractivity contribution is 6.31. The number of benzene rings is 1. The molecule has 0 atom stereocenters. The lowest BCUT2D eigenvalue weighted by atomic mass is 9.91. The molecule has 138 valence electrons. The first-order chi connectivity index (χ1) is 12.1. The number of rotatable bonds is 5. The van der Waals surface area contributed by atoms with Crippen LogP contribution in [0.3, 0.4) is 0 Å². The van der Waals surface area contributed by atoms with Crippen molar-refractivity contribution in [2.24, 2.45) is 5.41 Å². The number of hydrogen-bond donors (Lipinski definition) is 0. The summed E-state index contributed by atoms with van der Waals surface area (Å²) in [7, 11) is 0. The van der Waals surface area contributed by atoms with Crippen molar-refractivity contribution < 1.29 is 18.7 Å². The van der Waals surface area contributed by atoms with E-state index in [0.29, 0.717) is 16.9 Å². The van der Waals surface area contributed by atoms with Gasteiger partial charge in [-0.05, 0) is 37.3 Å². The summed E-state index contributed by atoms with van der Waals surface area (Å²) in [6.45, 7) is 6.72. The molecule has 0 amide bonds. The van der Waals surface area contributed by atoms with Crippen LogP contribution >= 0.6 is 11.6 Å². The summed E-state index contributed by atoms with van der Waals surface area (Å²) in [5.41, 5.74) is 1.15. The first-order valence-electron chi connectivity index (χ1n) is 7.99. The fraction of sp³-hybridized carbons (Fsp3) is 0.316. The van der Waals surface area contributed by atoms with Gasteiger partial charge in [0, 0.05) is 17.1 Å². The number of carbonyl (C=O) groups excluding carboxylic acids is 2. The van der Waals surface area contributed by atoms with E-state index in [0.717, 1.165) is 0 Å². The molecule has 0 saturated heterocycles. The van der Waals surface area contributed by atoms with Crippen molar-refractivity contribution in [2.75, 3.05) is 6.61 Å². The average Bonchev–Trinajstić information content (AvgIpc) is 2.85. The summed E-state index contributed by atoms with van der Waals surface area (Å²) in [4.78, 5) is 23.6. The third-order valence-corrected chi connectivity index (χ3v) is 4.05. The average molecular weight is 379 g/mol. The van der Waals surface area contributed by atoms with E-state index in [4.69, 9.17) is 16.3 Å². The Morgan fingerprint density at radius 3 is 2.46 bits per heavy atom. The maximum absolute atomic E-state index is 13.1. The summed E-state index contributed by atoms with van der Waals surface area (Å²) in [6.07, 6.45) is 2.68. The van der Waals surface area contributed by atoms with Crippen molar-refractivity contribution in [1.29, 1.82) is 0 Å². The number of nitrogens with zero attached hydrogens (tertiary/aromatic N) is 2. The molecule has 0 bridgehead atoms.